The number of unbranched alkanes of at least 4 members (excludes halogenated alkanes) is 1. The summed E-state index contributed by atoms with van der Waals surface area (Å²) in [6.07, 6.45) is -3.79. The number of nitrogens with zero attached hydrogens (tertiary/aromatic N) is 1. The number of aromatic hydroxyl groups is 1. The van der Waals surface area contributed by atoms with Crippen molar-refractivity contribution in [2.75, 3.05) is 26.2 Å². The Kier molecular flexibility index (Phi) is 56.8. The molecule has 0 spiro atoms. The van der Waals surface area contributed by atoms with Gasteiger partial charge in [0.25, 0.3) is 0 Å². The molecule has 2 aromatic carbocycles. The summed E-state index contributed by atoms with van der Waals surface area (Å²) in [7, 11) is 0. The Labute approximate surface area is 829 Å². The molecule has 0 aliphatic carbocycles. The first-order chi connectivity index (χ1) is 67.2. The zero-order valence-electron chi connectivity index (χ0n) is 82.6. The monoisotopic (exact) mass is 2020 g/mol. The number of rotatable bonds is 71. The summed E-state index contributed by atoms with van der Waals surface area (Å²) in [6.45, 7) is 21.8. The number of carbonyl (C=O) groups excluding carboxylic acids is 18. The van der Waals surface area contributed by atoms with Crippen LogP contribution in [-0.2, 0) is 118 Å². The summed E-state index contributed by atoms with van der Waals surface area (Å²) in [5, 5.41) is 97.1. The molecule has 0 aliphatic rings. The van der Waals surface area contributed by atoms with E-state index < -0.39 is 315 Å². The number of amides is 18. The molecule has 143 heavy (non-hydrogen) atoms. The number of benzene rings is 2. The third-order valence-corrected chi connectivity index (χ3v) is 22.2. The van der Waals surface area contributed by atoms with E-state index in [4.69, 9.17) is 28.3 Å². The minimum absolute atomic E-state index is 0.0223. The van der Waals surface area contributed by atoms with E-state index >= 15 is 9.59 Å². The minimum atomic E-state index is -1.82. The summed E-state index contributed by atoms with van der Waals surface area (Å²) >= 11 is 0. The van der Waals surface area contributed by atoms with E-state index in [9.17, 15) is 121 Å². The van der Waals surface area contributed by atoms with E-state index in [1.54, 1.807) is 85.7 Å². The molecular weight excluding hydrogens is 1870 g/mol. The van der Waals surface area contributed by atoms with Crippen molar-refractivity contribution in [1.82, 2.24) is 90.0 Å². The maximum atomic E-state index is 15.1. The van der Waals surface area contributed by atoms with Gasteiger partial charge in [0, 0.05) is 58.0 Å². The molecule has 0 aromatic heterocycles. The molecule has 0 aliphatic heterocycles. The number of primary amides is 2. The highest BCUT2D eigenvalue weighted by Crippen LogP contribution is 2.20. The van der Waals surface area contributed by atoms with E-state index in [-0.39, 0.29) is 102 Å². The van der Waals surface area contributed by atoms with Crippen molar-refractivity contribution in [2.45, 2.75) is 301 Å². The zero-order valence-corrected chi connectivity index (χ0v) is 82.6. The molecule has 18 amide bonds. The molecule has 0 bridgehead atoms. The first kappa shape index (κ1) is 124. The molecule has 0 saturated carbocycles. The molecule has 0 heterocycles. The number of allylic oxidation sites excluding steroid dienone is 1. The van der Waals surface area contributed by atoms with Crippen molar-refractivity contribution in [3.05, 3.63) is 91.0 Å². The number of carboxylic acid groups (broad SMARTS) is 4. The van der Waals surface area contributed by atoms with Crippen molar-refractivity contribution in [3.8, 4) is 5.75 Å². The Hall–Kier alpha value is -14.7. The van der Waals surface area contributed by atoms with Crippen LogP contribution in [0.1, 0.15) is 209 Å². The lowest BCUT2D eigenvalue weighted by atomic mass is 9.97. The molecule has 794 valence electrons. The maximum absolute atomic E-state index is 15.1. The lowest BCUT2D eigenvalue weighted by molar-refractivity contribution is -0.142. The highest BCUT2D eigenvalue weighted by molar-refractivity contribution is 6.02. The van der Waals surface area contributed by atoms with Crippen LogP contribution in [0, 0.1) is 29.1 Å². The third kappa shape index (κ3) is 49.8. The van der Waals surface area contributed by atoms with Gasteiger partial charge in [-0.2, -0.15) is 0 Å². The highest BCUT2D eigenvalue weighted by Gasteiger charge is 2.41. The molecule has 49 heteroatoms. The second kappa shape index (κ2) is 65.3. The molecule has 30 N–H and O–H groups in total. The number of carboxylic acids is 4. The highest BCUT2D eigenvalue weighted by atomic mass is 16.4. The molecule has 16 atom stereocenters. The Balaban J connectivity index is 2.64. The van der Waals surface area contributed by atoms with Crippen molar-refractivity contribution < 1.29 is 131 Å². The van der Waals surface area contributed by atoms with Crippen LogP contribution in [0.5, 0.6) is 5.75 Å². The number of hydrogen-bond donors (Lipinski definition) is 26. The van der Waals surface area contributed by atoms with Gasteiger partial charge in [-0.1, -0.05) is 116 Å². The molecule has 0 fully saturated rings. The fraction of sp³-hybridized carbons (Fsp3) is 0.585. The number of nitrogens with two attached hydrogens (primary N) is 4. The smallest absolute Gasteiger partial charge is 0.303 e. The van der Waals surface area contributed by atoms with Crippen molar-refractivity contribution in [3.63, 3.8) is 0 Å². The molecule has 0 saturated heterocycles. The molecule has 49 nitrogen and oxygen atoms in total. The zero-order chi connectivity index (χ0) is 108. The van der Waals surface area contributed by atoms with Gasteiger partial charge in [-0.25, -0.2) is 0 Å². The van der Waals surface area contributed by atoms with Gasteiger partial charge < -0.3 is 138 Å². The summed E-state index contributed by atoms with van der Waals surface area (Å²) in [4.78, 5) is 301. The number of aliphatic carboxylic acids is 4. The molecule has 2 rings (SSSR count). The second-order valence-corrected chi connectivity index (χ2v) is 36.0. The van der Waals surface area contributed by atoms with Crippen molar-refractivity contribution >= 4 is 136 Å². The molecule has 0 radical (unpaired) electrons. The normalized spacial score (nSPS) is 14.4. The Morgan fingerprint density at radius 2 is 0.734 bits per heavy atom. The van der Waals surface area contributed by atoms with Gasteiger partial charge in [0.05, 0.1) is 13.0 Å². The number of phenolic OH excluding ortho intramolecular Hbond substituents is 1. The lowest BCUT2D eigenvalue weighted by Gasteiger charge is -2.30. The van der Waals surface area contributed by atoms with E-state index in [0.29, 0.717) is 17.5 Å². The quantitative estimate of drug-likeness (QED) is 0.0135. The second-order valence-electron chi connectivity index (χ2n) is 36.0. The van der Waals surface area contributed by atoms with Crippen LogP contribution in [0.15, 0.2) is 79.9 Å². The molecular formula is C94H146N22O27. The average molecular weight is 2020 g/mol. The predicted octanol–water partition coefficient (Wildman–Crippen LogP) is -3.13. The summed E-state index contributed by atoms with van der Waals surface area (Å²) in [5.41, 5.74) is 22.8. The fourth-order valence-electron chi connectivity index (χ4n) is 14.4. The Morgan fingerprint density at radius 3 is 1.11 bits per heavy atom. The van der Waals surface area contributed by atoms with Crippen LogP contribution in [-0.4, -0.2) is 283 Å². The van der Waals surface area contributed by atoms with Crippen molar-refractivity contribution in [1.29, 1.82) is 5.41 Å². The minimum Gasteiger partial charge on any atom is -0.508 e. The SMILES string of the molecule is C=CCCC(=O)N[C@@H](Cc1ccccc1)C(=O)N[C@@H](CCC(=O)O)C(=O)N(CC=C)CC(=O)N[C@H](C(=O)N[C@@H](Cc1ccc(O)cc1)C(=O)N[C@@H](CCCNC(=N)N)C(=O)N[C@@H](CC(C)C)C(=O)N[C@@H](CCC(=O)O)C(=O)N[C@@H](CC(C)C)C(=O)N[C@@H](CC(C)C)C(=O)N[C@@H](CCCCN)C(=O)N[C@@H](C)C(=O)N[C@@H](CCC(=O)O)C(=O)N[C@@H](CCC(=O)O)C(=O)N[C@@H](C)C(=O)N[C@@H](CC(N)=O)C(N)=O)[C@@H](C)CC. The van der Waals surface area contributed by atoms with Crippen LogP contribution in [0.3, 0.4) is 0 Å². The van der Waals surface area contributed by atoms with Crippen LogP contribution < -0.4 is 108 Å². The van der Waals surface area contributed by atoms with E-state index in [0.717, 1.165) is 18.7 Å². The van der Waals surface area contributed by atoms with Gasteiger partial charge >= 0.3 is 23.9 Å². The number of nitrogens with one attached hydrogen (secondary N) is 17. The number of carbonyl (C=O) groups is 22. The molecule has 0 unspecified atom stereocenters. The standard InChI is InChI=1S/C94H146N22O27/c1-13-16-27-72(119)103-69(46-56-23-18-17-19-24-56)90(140)109-64(35-39-77(127)128)93(143)116(42-14-2)49-73(120)115-78(53(10)15-3)92(142)114-70(47-57-28-30-58(117)31-29-57)91(141)106-60(26-22-41-100-94(98)99)84(134)111-66(43-50(4)5)88(138)108-63(34-38-76(125)126)86(136)112-68(45-52(8)9)89(139)113-67(44-51(6)7)87(137)105-59(25-20-21-40-95)82(132)101-54(11)80(130)104-62(33-37-75(123)124)85(135)107-61(32-36-74(121)122)83(133)102-55(12)81(131)110-65(79(97)129)48-71(96)118/h13-14,17-19,23-24,28-31,50-55,59-70,78,117H,1-2,15-16,20-22,25-27,32-49,95H2,3-12H3,(H2,96,118)(H2,97,129)(H,101,132)(H,102,133)(H,103,119)(H,104,130)(H,105,137)(H,106,141)(H,107,135)(H,108,138)(H,109,140)(H,110,131)(H,111,134)(H,112,136)(H,113,139)(H,114,142)(H,115,120)(H,121,122)(H,123,124)(H,125,126)(H,127,128)(H4,98,99,100)/t53-,54-,55-,59-,60-,61-,62-,63-,64-,65-,66-,67-,68-,69-,70-,78-/m0/s1. The topological polar surface area (TPSA) is 800 Å². The van der Waals surface area contributed by atoms with E-state index in [1.807, 2.05) is 0 Å². The van der Waals surface area contributed by atoms with Gasteiger partial charge in [-0.3, -0.25) is 111 Å². The largest absolute Gasteiger partial charge is 0.508 e. The maximum Gasteiger partial charge on any atom is 0.303 e. The van der Waals surface area contributed by atoms with Crippen LogP contribution >= 0.6 is 0 Å². The van der Waals surface area contributed by atoms with Crippen molar-refractivity contribution in [2.24, 2.45) is 46.6 Å². The number of hydrogen-bond acceptors (Lipinski definition) is 25. The Bertz CT molecular complexity index is 4690. The van der Waals surface area contributed by atoms with E-state index in [1.165, 1.54) is 36.4 Å². The number of guanidine groups is 1. The van der Waals surface area contributed by atoms with Gasteiger partial charge in [0.1, 0.15) is 96.4 Å². The van der Waals surface area contributed by atoms with E-state index in [2.05, 4.69) is 98.2 Å². The average Bonchev–Trinajstić information content (AvgIpc) is 0.818. The van der Waals surface area contributed by atoms with Gasteiger partial charge in [0.2, 0.25) is 106 Å². The van der Waals surface area contributed by atoms with Crippen LogP contribution in [0.25, 0.3) is 0 Å². The summed E-state index contributed by atoms with van der Waals surface area (Å²) in [5.74, 6) is -26.7. The summed E-state index contributed by atoms with van der Waals surface area (Å²) in [6, 6.07) is -10.0. The van der Waals surface area contributed by atoms with Gasteiger partial charge in [-0.05, 0) is 151 Å². The molecule has 2 aromatic rings. The van der Waals surface area contributed by atoms with Crippen LogP contribution in [0.4, 0.5) is 0 Å². The fourth-order valence-corrected chi connectivity index (χ4v) is 14.4. The predicted molar refractivity (Wildman–Crippen MR) is 519 cm³/mol. The van der Waals surface area contributed by atoms with Gasteiger partial charge in [-0.15, -0.1) is 13.2 Å². The first-order valence-corrected chi connectivity index (χ1v) is 47.3. The van der Waals surface area contributed by atoms with Gasteiger partial charge in [0.15, 0.2) is 5.96 Å². The Morgan fingerprint density at radius 1 is 0.385 bits per heavy atom. The lowest BCUT2D eigenvalue weighted by Crippen LogP contribution is -2.61. The first-order valence-electron chi connectivity index (χ1n) is 47.3. The number of phenols is 1. The third-order valence-electron chi connectivity index (χ3n) is 22.2. The van der Waals surface area contributed by atoms with Crippen LogP contribution in [0.2, 0.25) is 0 Å². The summed E-state index contributed by atoms with van der Waals surface area (Å²) < 4.78 is 0.